The molecule has 0 fully saturated rings. The average Bonchev–Trinajstić information content (AvgIpc) is 3.19. The monoisotopic (exact) mass is 417 g/mol. The van der Waals surface area contributed by atoms with Crippen molar-refractivity contribution in [2.45, 2.75) is 19.5 Å². The third-order valence-corrected chi connectivity index (χ3v) is 4.29. The van der Waals surface area contributed by atoms with Crippen LogP contribution in [0.2, 0.25) is 0 Å². The lowest BCUT2D eigenvalue weighted by Gasteiger charge is -2.08. The van der Waals surface area contributed by atoms with Crippen LogP contribution < -0.4 is 19.5 Å². The fourth-order valence-electron chi connectivity index (χ4n) is 2.85. The van der Waals surface area contributed by atoms with Gasteiger partial charge in [0.05, 0.1) is 14.2 Å². The number of anilines is 1. The number of aromatic nitrogens is 2. The first kappa shape index (κ1) is 21.1. The van der Waals surface area contributed by atoms with Gasteiger partial charge < -0.3 is 19.5 Å². The van der Waals surface area contributed by atoms with E-state index in [2.05, 4.69) is 20.3 Å². The molecule has 0 spiro atoms. The zero-order valence-electron chi connectivity index (χ0n) is 16.4. The number of carbonyl (C=O) groups excluding carboxylic acids is 1. The van der Waals surface area contributed by atoms with Crippen molar-refractivity contribution in [2.75, 3.05) is 19.5 Å². The van der Waals surface area contributed by atoms with Crippen molar-refractivity contribution in [2.24, 2.45) is 0 Å². The molecule has 0 atom stereocenters. The molecule has 9 heteroatoms. The molecule has 1 aromatic heterocycles. The predicted molar refractivity (Wildman–Crippen MR) is 107 cm³/mol. The van der Waals surface area contributed by atoms with Gasteiger partial charge in [-0.1, -0.05) is 6.07 Å². The first-order valence-corrected chi connectivity index (χ1v) is 9.09. The maximum absolute atomic E-state index is 12.3. The van der Waals surface area contributed by atoms with Gasteiger partial charge in [-0.15, -0.1) is 0 Å². The number of benzene rings is 2. The number of aromatic amines is 1. The van der Waals surface area contributed by atoms with Gasteiger partial charge in [-0.2, -0.15) is 13.9 Å². The van der Waals surface area contributed by atoms with Crippen LogP contribution in [0.1, 0.15) is 21.6 Å². The number of carbonyl (C=O) groups is 1. The molecule has 2 aromatic carbocycles. The summed E-state index contributed by atoms with van der Waals surface area (Å²) >= 11 is 0. The van der Waals surface area contributed by atoms with E-state index >= 15 is 0 Å². The number of nitrogens with zero attached hydrogens (tertiary/aromatic N) is 1. The van der Waals surface area contributed by atoms with E-state index in [1.165, 1.54) is 24.3 Å². The first-order chi connectivity index (χ1) is 14.5. The Hall–Kier alpha value is -3.62. The van der Waals surface area contributed by atoms with Gasteiger partial charge in [0, 0.05) is 23.4 Å². The third-order valence-electron chi connectivity index (χ3n) is 4.29. The van der Waals surface area contributed by atoms with Gasteiger partial charge in [0.25, 0.3) is 5.91 Å². The highest BCUT2D eigenvalue weighted by Gasteiger charge is 2.12. The van der Waals surface area contributed by atoms with Gasteiger partial charge in [0.1, 0.15) is 17.2 Å². The molecule has 3 aromatic rings. The summed E-state index contributed by atoms with van der Waals surface area (Å²) < 4.78 is 39.5. The molecule has 2 N–H and O–H groups in total. The molecule has 0 aliphatic carbocycles. The molecule has 0 radical (unpaired) electrons. The Morgan fingerprint density at radius 1 is 1.03 bits per heavy atom. The van der Waals surface area contributed by atoms with E-state index in [1.807, 2.05) is 12.1 Å². The number of hydrogen-bond acceptors (Lipinski definition) is 5. The number of aryl methyl sites for hydroxylation is 2. The molecular weight excluding hydrogens is 396 g/mol. The maximum Gasteiger partial charge on any atom is 0.387 e. The van der Waals surface area contributed by atoms with Crippen LogP contribution in [0, 0.1) is 0 Å². The van der Waals surface area contributed by atoms with Gasteiger partial charge >= 0.3 is 6.61 Å². The minimum absolute atomic E-state index is 0.0888. The minimum Gasteiger partial charge on any atom is -0.497 e. The first-order valence-electron chi connectivity index (χ1n) is 9.09. The van der Waals surface area contributed by atoms with E-state index < -0.39 is 12.5 Å². The summed E-state index contributed by atoms with van der Waals surface area (Å²) in [6.07, 6.45) is 1.35. The lowest BCUT2D eigenvalue weighted by molar-refractivity contribution is -0.0498. The van der Waals surface area contributed by atoms with Crippen LogP contribution in [0.5, 0.6) is 17.2 Å². The quantitative estimate of drug-likeness (QED) is 0.548. The van der Waals surface area contributed by atoms with Crippen molar-refractivity contribution in [3.8, 4) is 17.2 Å². The average molecular weight is 417 g/mol. The largest absolute Gasteiger partial charge is 0.497 e. The van der Waals surface area contributed by atoms with Crippen molar-refractivity contribution >= 4 is 11.7 Å². The van der Waals surface area contributed by atoms with Crippen LogP contribution in [0.25, 0.3) is 0 Å². The van der Waals surface area contributed by atoms with Crippen molar-refractivity contribution in [1.29, 1.82) is 0 Å². The molecule has 0 saturated carbocycles. The number of nitrogens with one attached hydrogen (secondary N) is 2. The van der Waals surface area contributed by atoms with E-state index in [1.54, 1.807) is 26.4 Å². The van der Waals surface area contributed by atoms with Crippen molar-refractivity contribution in [1.82, 2.24) is 10.2 Å². The highest BCUT2D eigenvalue weighted by atomic mass is 19.3. The summed E-state index contributed by atoms with van der Waals surface area (Å²) in [6.45, 7) is -2.96. The van der Waals surface area contributed by atoms with E-state index in [0.29, 0.717) is 30.2 Å². The molecule has 1 heterocycles. The second-order valence-electron chi connectivity index (χ2n) is 6.36. The van der Waals surface area contributed by atoms with E-state index in [4.69, 9.17) is 9.47 Å². The molecule has 30 heavy (non-hydrogen) atoms. The molecule has 0 aliphatic heterocycles. The molecule has 7 nitrogen and oxygen atoms in total. The van der Waals surface area contributed by atoms with Crippen LogP contribution >= 0.6 is 0 Å². The smallest absolute Gasteiger partial charge is 0.387 e. The van der Waals surface area contributed by atoms with Gasteiger partial charge in [-0.25, -0.2) is 0 Å². The molecule has 0 bridgehead atoms. The van der Waals surface area contributed by atoms with Gasteiger partial charge in [-0.05, 0) is 48.7 Å². The zero-order chi connectivity index (χ0) is 21.5. The van der Waals surface area contributed by atoms with Crippen molar-refractivity contribution in [3.63, 3.8) is 0 Å². The Morgan fingerprint density at radius 3 is 2.43 bits per heavy atom. The number of halogens is 2. The summed E-state index contributed by atoms with van der Waals surface area (Å²) in [4.78, 5) is 12.3. The summed E-state index contributed by atoms with van der Waals surface area (Å²) in [5.41, 5.74) is 2.03. The molecule has 3 rings (SSSR count). The highest BCUT2D eigenvalue weighted by Crippen LogP contribution is 2.23. The van der Waals surface area contributed by atoms with Crippen molar-refractivity contribution < 1.29 is 27.8 Å². The van der Waals surface area contributed by atoms with Gasteiger partial charge in [0.2, 0.25) is 0 Å². The van der Waals surface area contributed by atoms with Crippen LogP contribution in [0.3, 0.4) is 0 Å². The van der Waals surface area contributed by atoms with E-state index in [9.17, 15) is 13.6 Å². The van der Waals surface area contributed by atoms with Crippen LogP contribution in [-0.4, -0.2) is 36.9 Å². The summed E-state index contributed by atoms with van der Waals surface area (Å²) in [5.74, 6) is 1.18. The second kappa shape index (κ2) is 9.73. The van der Waals surface area contributed by atoms with Gasteiger partial charge in [0.15, 0.2) is 5.82 Å². The van der Waals surface area contributed by atoms with E-state index in [0.717, 1.165) is 11.3 Å². The fourth-order valence-corrected chi connectivity index (χ4v) is 2.85. The predicted octanol–water partition coefficient (Wildman–Crippen LogP) is 4.07. The van der Waals surface area contributed by atoms with Crippen LogP contribution in [0.15, 0.2) is 48.5 Å². The number of rotatable bonds is 9. The topological polar surface area (TPSA) is 85.5 Å². The molecule has 158 valence electrons. The molecule has 0 aliphatic rings. The lowest BCUT2D eigenvalue weighted by Crippen LogP contribution is -2.12. The number of amides is 1. The minimum atomic E-state index is -2.96. The van der Waals surface area contributed by atoms with Gasteiger partial charge in [-0.3, -0.25) is 9.89 Å². The maximum atomic E-state index is 12.3. The van der Waals surface area contributed by atoms with Crippen LogP contribution in [0.4, 0.5) is 14.6 Å². The second-order valence-corrected chi connectivity index (χ2v) is 6.36. The number of methoxy groups -OCH3 is 2. The summed E-state index contributed by atoms with van der Waals surface area (Å²) in [5, 5.41) is 9.58. The number of hydrogen-bond donors (Lipinski definition) is 2. The Labute approximate surface area is 172 Å². The Kier molecular flexibility index (Phi) is 6.84. The van der Waals surface area contributed by atoms with Crippen molar-refractivity contribution in [3.05, 3.63) is 65.4 Å². The number of H-pyrrole nitrogens is 1. The lowest BCUT2D eigenvalue weighted by atomic mass is 10.1. The fraction of sp³-hybridized carbons (Fsp3) is 0.238. The summed E-state index contributed by atoms with van der Waals surface area (Å²) in [6, 6.07) is 12.9. The highest BCUT2D eigenvalue weighted by molar-refractivity contribution is 6.04. The Balaban J connectivity index is 1.61. The van der Waals surface area contributed by atoms with Crippen LogP contribution in [-0.2, 0) is 12.8 Å². The molecule has 0 unspecified atom stereocenters. The van der Waals surface area contributed by atoms with E-state index in [-0.39, 0.29) is 11.3 Å². The SMILES string of the molecule is COc1cc(CCc2cc(NC(=O)c3cccc(OC(F)F)c3)n[nH]2)cc(OC)c1. The molecule has 1 amide bonds. The third kappa shape index (κ3) is 5.69. The Bertz CT molecular complexity index is 985. The molecular formula is C21H21F2N3O4. The Morgan fingerprint density at radius 2 is 1.77 bits per heavy atom. The molecule has 0 saturated heterocycles. The standard InChI is InChI=1S/C21H21F2N3O4/c1-28-17-8-13(9-18(12-17)29-2)6-7-15-11-19(26-25-15)24-20(27)14-4-3-5-16(10-14)30-21(22)23/h3-5,8-12,21H,6-7H2,1-2H3,(H2,24,25,26,27). The number of ether oxygens (including phenoxy) is 3. The summed E-state index contributed by atoms with van der Waals surface area (Å²) in [7, 11) is 3.19. The number of alkyl halides is 2. The zero-order valence-corrected chi connectivity index (χ0v) is 16.4. The normalized spacial score (nSPS) is 10.7.